The Bertz CT molecular complexity index is 1450. The van der Waals surface area contributed by atoms with Crippen LogP contribution in [0.1, 0.15) is 103 Å². The molecule has 5 heteroatoms. The van der Waals surface area contributed by atoms with E-state index < -0.39 is 0 Å². The maximum Gasteiger partial charge on any atom is 0.0716 e. The summed E-state index contributed by atoms with van der Waals surface area (Å²) in [6, 6.07) is 20.0. The Morgan fingerprint density at radius 2 is 1.74 bits per heavy atom. The molecule has 3 aromatic rings. The van der Waals surface area contributed by atoms with Crippen LogP contribution in [-0.4, -0.2) is 12.3 Å². The van der Waals surface area contributed by atoms with E-state index in [0.717, 1.165) is 24.3 Å². The molecule has 0 saturated carbocycles. The molecular formula is C38H51N3S2. The van der Waals surface area contributed by atoms with Crippen LogP contribution in [0.25, 0.3) is 0 Å². The van der Waals surface area contributed by atoms with E-state index in [1.54, 1.807) is 16.7 Å². The molecule has 0 amide bonds. The number of fused-ring (bicyclic) bond motifs is 3. The van der Waals surface area contributed by atoms with Gasteiger partial charge in [0.05, 0.1) is 11.4 Å². The lowest BCUT2D eigenvalue weighted by Crippen LogP contribution is -2.35. The molecule has 3 nitrogen and oxygen atoms in total. The summed E-state index contributed by atoms with van der Waals surface area (Å²) in [6.45, 7) is 19.7. The van der Waals surface area contributed by atoms with Crippen molar-refractivity contribution in [3.05, 3.63) is 83.6 Å². The highest BCUT2D eigenvalue weighted by atomic mass is 32.2. The van der Waals surface area contributed by atoms with E-state index in [1.165, 1.54) is 76.8 Å². The maximum absolute atomic E-state index is 6.53. The summed E-state index contributed by atoms with van der Waals surface area (Å²) in [5, 5.41) is 1.82. The number of para-hydroxylation sites is 1. The Balaban J connectivity index is 1.17. The first-order valence-electron chi connectivity index (χ1n) is 16.2. The van der Waals surface area contributed by atoms with E-state index in [0.29, 0.717) is 5.41 Å². The number of rotatable bonds is 13. The quantitative estimate of drug-likeness (QED) is 0.118. The van der Waals surface area contributed by atoms with Crippen molar-refractivity contribution in [2.45, 2.75) is 118 Å². The van der Waals surface area contributed by atoms with Crippen LogP contribution in [0.4, 0.5) is 17.1 Å². The van der Waals surface area contributed by atoms with Crippen LogP contribution >= 0.6 is 23.5 Å². The molecule has 43 heavy (non-hydrogen) atoms. The fourth-order valence-corrected chi connectivity index (χ4v) is 8.58. The van der Waals surface area contributed by atoms with Gasteiger partial charge in [0.15, 0.2) is 0 Å². The van der Waals surface area contributed by atoms with Gasteiger partial charge in [-0.2, -0.15) is 0 Å². The average Bonchev–Trinajstić information content (AvgIpc) is 2.96. The number of nitrogens with zero attached hydrogens (tertiary/aromatic N) is 2. The van der Waals surface area contributed by atoms with Gasteiger partial charge in [0.2, 0.25) is 0 Å². The third kappa shape index (κ3) is 7.16. The minimum atomic E-state index is 0.200. The van der Waals surface area contributed by atoms with E-state index in [-0.39, 0.29) is 5.41 Å². The van der Waals surface area contributed by atoms with Crippen molar-refractivity contribution in [2.24, 2.45) is 5.84 Å². The second-order valence-corrected chi connectivity index (χ2v) is 16.2. The predicted octanol–water partition coefficient (Wildman–Crippen LogP) is 11.2. The van der Waals surface area contributed by atoms with Crippen LogP contribution in [0, 0.1) is 0 Å². The summed E-state index contributed by atoms with van der Waals surface area (Å²) in [5.41, 5.74) is 9.84. The molecule has 1 aliphatic carbocycles. The molecule has 0 bridgehead atoms. The normalized spacial score (nSPS) is 14.9. The number of hydrazine groups is 1. The predicted molar refractivity (Wildman–Crippen MR) is 190 cm³/mol. The number of thioether (sulfide) groups is 1. The Morgan fingerprint density at radius 1 is 0.977 bits per heavy atom. The molecule has 0 aromatic heterocycles. The zero-order chi connectivity index (χ0) is 30.8. The molecule has 230 valence electrons. The molecule has 0 fully saturated rings. The van der Waals surface area contributed by atoms with E-state index in [9.17, 15) is 0 Å². The third-order valence-corrected chi connectivity index (χ3v) is 11.2. The van der Waals surface area contributed by atoms with E-state index in [4.69, 9.17) is 5.84 Å². The molecule has 1 aliphatic heterocycles. The molecule has 0 atom stereocenters. The number of nitrogens with two attached hydrogens (primary N) is 1. The first kappa shape index (κ1) is 32.1. The van der Waals surface area contributed by atoms with E-state index in [2.05, 4.69) is 102 Å². The number of allylic oxidation sites excluding steroid dienone is 1. The van der Waals surface area contributed by atoms with E-state index in [1.807, 2.05) is 34.6 Å². The second-order valence-electron chi connectivity index (χ2n) is 14.0. The smallest absolute Gasteiger partial charge is 0.0716 e. The minimum absolute atomic E-state index is 0.200. The summed E-state index contributed by atoms with van der Waals surface area (Å²) in [6.07, 6.45) is 9.53. The highest BCUT2D eigenvalue weighted by Gasteiger charge is 2.38. The van der Waals surface area contributed by atoms with Gasteiger partial charge in [-0.25, -0.2) is 5.84 Å². The van der Waals surface area contributed by atoms with Crippen molar-refractivity contribution in [3.63, 3.8) is 0 Å². The zero-order valence-electron chi connectivity index (χ0n) is 27.3. The van der Waals surface area contributed by atoms with Crippen LogP contribution in [0.15, 0.2) is 81.6 Å². The topological polar surface area (TPSA) is 32.5 Å². The third-order valence-electron chi connectivity index (χ3n) is 8.98. The number of hydrogen-bond donors (Lipinski definition) is 1. The van der Waals surface area contributed by atoms with Crippen molar-refractivity contribution >= 4 is 40.6 Å². The van der Waals surface area contributed by atoms with Gasteiger partial charge in [-0.1, -0.05) is 91.3 Å². The fraction of sp³-hybridized carbons (Fsp3) is 0.474. The molecule has 0 unspecified atom stereocenters. The maximum atomic E-state index is 6.53. The monoisotopic (exact) mass is 613 g/mol. The lowest BCUT2D eigenvalue weighted by atomic mass is 9.62. The number of benzene rings is 3. The molecule has 5 rings (SSSR count). The van der Waals surface area contributed by atoms with Crippen molar-refractivity contribution < 1.29 is 0 Å². The molecule has 1 heterocycles. The Morgan fingerprint density at radius 3 is 2.49 bits per heavy atom. The zero-order valence-corrected chi connectivity index (χ0v) is 28.9. The van der Waals surface area contributed by atoms with Crippen LogP contribution in [0.5, 0.6) is 0 Å². The molecule has 0 radical (unpaired) electrons. The SMILES string of the molecule is C=C(CCCCCSc1cc(C(C)(C)C)c2c(c1)C(C)(C)C2)N(CCCCC)c1ccc2c(c1)Sc1ccccc1N2N. The van der Waals surface area contributed by atoms with Crippen LogP contribution in [0.3, 0.4) is 0 Å². The van der Waals surface area contributed by atoms with Gasteiger partial charge in [-0.15, -0.1) is 11.8 Å². The highest BCUT2D eigenvalue weighted by molar-refractivity contribution is 7.99. The average molecular weight is 614 g/mol. The highest BCUT2D eigenvalue weighted by Crippen LogP contribution is 2.49. The lowest BCUT2D eigenvalue weighted by molar-refractivity contribution is 0.436. The number of anilines is 3. The summed E-state index contributed by atoms with van der Waals surface area (Å²) in [7, 11) is 0. The van der Waals surface area contributed by atoms with Crippen LogP contribution < -0.4 is 15.8 Å². The van der Waals surface area contributed by atoms with Gasteiger partial charge < -0.3 is 4.90 Å². The standard InChI is InChI=1S/C38H51N3S2/c1-8-9-14-21-40(28-19-20-34-36(23-28)43-35-18-13-12-17-33(35)41(34)39)27(2)16-11-10-15-22-42-29-24-31(37(3,4)5)30-26-38(6,7)32(30)25-29/h12-13,17-20,23-25H,2,8-11,14-16,21-22,26,39H2,1,3-7H3. The lowest BCUT2D eigenvalue weighted by Gasteiger charge is -2.42. The van der Waals surface area contributed by atoms with Gasteiger partial charge in [-0.3, -0.25) is 5.01 Å². The Kier molecular flexibility index (Phi) is 9.95. The van der Waals surface area contributed by atoms with Crippen LogP contribution in [-0.2, 0) is 17.3 Å². The summed E-state index contributed by atoms with van der Waals surface area (Å²) < 4.78 is 0. The summed E-state index contributed by atoms with van der Waals surface area (Å²) in [5.74, 6) is 7.70. The molecule has 0 spiro atoms. The Hall–Kier alpha value is -2.34. The van der Waals surface area contributed by atoms with Gasteiger partial charge in [0.1, 0.15) is 0 Å². The Labute approximate surface area is 269 Å². The van der Waals surface area contributed by atoms with Crippen molar-refractivity contribution in [2.75, 3.05) is 22.2 Å². The van der Waals surface area contributed by atoms with Crippen molar-refractivity contribution in [1.82, 2.24) is 0 Å². The largest absolute Gasteiger partial charge is 0.346 e. The number of hydrogen-bond acceptors (Lipinski definition) is 5. The summed E-state index contributed by atoms with van der Waals surface area (Å²) >= 11 is 3.85. The van der Waals surface area contributed by atoms with Gasteiger partial charge in [0, 0.05) is 32.6 Å². The molecule has 0 saturated heterocycles. The van der Waals surface area contributed by atoms with Crippen molar-refractivity contribution in [3.8, 4) is 0 Å². The van der Waals surface area contributed by atoms with Crippen LogP contribution in [0.2, 0.25) is 0 Å². The van der Waals surface area contributed by atoms with Gasteiger partial charge in [0.25, 0.3) is 0 Å². The fourth-order valence-electron chi connectivity index (χ4n) is 6.49. The molecule has 3 aromatic carbocycles. The molecule has 2 aliphatic rings. The summed E-state index contributed by atoms with van der Waals surface area (Å²) in [4.78, 5) is 6.32. The van der Waals surface area contributed by atoms with Crippen molar-refractivity contribution in [1.29, 1.82) is 0 Å². The van der Waals surface area contributed by atoms with Gasteiger partial charge in [-0.05, 0) is 108 Å². The minimum Gasteiger partial charge on any atom is -0.346 e. The molecule has 2 N–H and O–H groups in total. The second kappa shape index (κ2) is 13.3. The first-order chi connectivity index (χ1) is 20.5. The molecular weight excluding hydrogens is 563 g/mol. The van der Waals surface area contributed by atoms with Gasteiger partial charge >= 0.3 is 0 Å². The first-order valence-corrected chi connectivity index (χ1v) is 18.0. The number of unbranched alkanes of at least 4 members (excludes halogenated alkanes) is 4. The van der Waals surface area contributed by atoms with E-state index >= 15 is 0 Å².